The predicted octanol–water partition coefficient (Wildman–Crippen LogP) is 2.80. The van der Waals surface area contributed by atoms with Crippen LogP contribution in [0.25, 0.3) is 0 Å². The lowest BCUT2D eigenvalue weighted by Gasteiger charge is -2.21. The maximum atomic E-state index is 12.1. The first-order valence-corrected chi connectivity index (χ1v) is 10.5. The molecule has 0 aromatic carbocycles. The molecule has 0 amide bonds. The van der Waals surface area contributed by atoms with Crippen molar-refractivity contribution in [2.24, 2.45) is 5.92 Å². The highest BCUT2D eigenvalue weighted by molar-refractivity contribution is 7.89. The van der Waals surface area contributed by atoms with Gasteiger partial charge in [-0.3, -0.25) is 0 Å². The van der Waals surface area contributed by atoms with Crippen LogP contribution in [0.4, 0.5) is 0 Å². The van der Waals surface area contributed by atoms with E-state index in [0.717, 1.165) is 19.4 Å². The molecule has 0 spiro atoms. The smallest absolute Gasteiger partial charge is 0.211 e. The Morgan fingerprint density at radius 3 is 2.00 bits per heavy atom. The van der Waals surface area contributed by atoms with E-state index in [-0.39, 0.29) is 0 Å². The minimum Gasteiger partial charge on any atom is -0.313 e. The van der Waals surface area contributed by atoms with Crippen LogP contribution >= 0.6 is 0 Å². The van der Waals surface area contributed by atoms with E-state index in [4.69, 9.17) is 0 Å². The van der Waals surface area contributed by atoms with Gasteiger partial charge in [0.25, 0.3) is 0 Å². The van der Waals surface area contributed by atoms with Crippen LogP contribution in [-0.4, -0.2) is 33.3 Å². The topological polar surface area (TPSA) is 58.2 Å². The van der Waals surface area contributed by atoms with Crippen LogP contribution in [0.15, 0.2) is 0 Å². The van der Waals surface area contributed by atoms with E-state index in [9.17, 15) is 8.42 Å². The summed E-state index contributed by atoms with van der Waals surface area (Å²) in [5.41, 5.74) is 0. The summed E-state index contributed by atoms with van der Waals surface area (Å²) in [6, 6.07) is 0.593. The number of sulfonamides is 1. The average Bonchev–Trinajstić information content (AvgIpc) is 2.73. The Bertz CT molecular complexity index is 370. The van der Waals surface area contributed by atoms with Crippen LogP contribution in [0.1, 0.15) is 70.6 Å². The van der Waals surface area contributed by atoms with Gasteiger partial charge in [0.05, 0.1) is 5.75 Å². The standard InChI is InChI=1S/C16H32N2O2S/c19-21(20,14-15-8-4-3-5-9-15)18-13-12-17-16-10-6-1-2-7-11-16/h15-18H,1-14H2. The third-order valence-corrected chi connectivity index (χ3v) is 6.47. The summed E-state index contributed by atoms with van der Waals surface area (Å²) < 4.78 is 26.9. The Morgan fingerprint density at radius 1 is 0.762 bits per heavy atom. The van der Waals surface area contributed by atoms with Gasteiger partial charge in [-0.1, -0.05) is 44.9 Å². The second-order valence-corrected chi connectivity index (χ2v) is 8.67. The molecule has 0 saturated heterocycles. The summed E-state index contributed by atoms with van der Waals surface area (Å²) in [7, 11) is -3.08. The first-order valence-electron chi connectivity index (χ1n) is 8.86. The molecule has 5 heteroatoms. The first kappa shape index (κ1) is 17.2. The van der Waals surface area contributed by atoms with Gasteiger partial charge in [-0.15, -0.1) is 0 Å². The number of hydrogen-bond donors (Lipinski definition) is 2. The molecule has 2 fully saturated rings. The highest BCUT2D eigenvalue weighted by atomic mass is 32.2. The van der Waals surface area contributed by atoms with E-state index < -0.39 is 10.0 Å². The molecular formula is C16H32N2O2S. The van der Waals surface area contributed by atoms with Crippen LogP contribution in [0.3, 0.4) is 0 Å². The lowest BCUT2D eigenvalue weighted by Crippen LogP contribution is -2.38. The molecule has 2 rings (SSSR count). The lowest BCUT2D eigenvalue weighted by molar-refractivity contribution is 0.383. The minimum absolute atomic E-state index is 0.330. The van der Waals surface area contributed by atoms with Crippen molar-refractivity contribution in [2.45, 2.75) is 76.7 Å². The van der Waals surface area contributed by atoms with Crippen LogP contribution < -0.4 is 10.0 Å². The number of hydrogen-bond acceptors (Lipinski definition) is 3. The minimum atomic E-state index is -3.08. The molecule has 0 aromatic rings. The molecule has 21 heavy (non-hydrogen) atoms. The van der Waals surface area contributed by atoms with Crippen molar-refractivity contribution >= 4 is 10.0 Å². The molecule has 124 valence electrons. The Morgan fingerprint density at radius 2 is 1.33 bits per heavy atom. The van der Waals surface area contributed by atoms with Gasteiger partial charge in [0.1, 0.15) is 0 Å². The van der Waals surface area contributed by atoms with Crippen molar-refractivity contribution in [1.29, 1.82) is 0 Å². The zero-order chi connectivity index (χ0) is 15.0. The first-order chi connectivity index (χ1) is 10.2. The molecule has 2 aliphatic rings. The van der Waals surface area contributed by atoms with Crippen molar-refractivity contribution in [1.82, 2.24) is 10.0 Å². The Hall–Kier alpha value is -0.130. The Kier molecular flexibility index (Phi) is 7.47. The second kappa shape index (κ2) is 9.11. The van der Waals surface area contributed by atoms with Crippen LogP contribution in [0.5, 0.6) is 0 Å². The highest BCUT2D eigenvalue weighted by Crippen LogP contribution is 2.24. The molecule has 0 radical (unpaired) electrons. The van der Waals surface area contributed by atoms with E-state index in [1.807, 2.05) is 0 Å². The van der Waals surface area contributed by atoms with Gasteiger partial charge < -0.3 is 5.32 Å². The fraction of sp³-hybridized carbons (Fsp3) is 1.00. The van der Waals surface area contributed by atoms with Gasteiger partial charge in [-0.2, -0.15) is 0 Å². The molecular weight excluding hydrogens is 284 g/mol. The van der Waals surface area contributed by atoms with Gasteiger partial charge in [0.15, 0.2) is 0 Å². The zero-order valence-electron chi connectivity index (χ0n) is 13.3. The Labute approximate surface area is 130 Å². The third-order valence-electron chi connectivity index (χ3n) is 4.92. The molecule has 0 aliphatic heterocycles. The molecule has 0 atom stereocenters. The lowest BCUT2D eigenvalue weighted by atomic mass is 9.91. The van der Waals surface area contributed by atoms with Gasteiger partial charge in [0, 0.05) is 19.1 Å². The average molecular weight is 317 g/mol. The van der Waals surface area contributed by atoms with Gasteiger partial charge >= 0.3 is 0 Å². The quantitative estimate of drug-likeness (QED) is 0.561. The maximum Gasteiger partial charge on any atom is 0.211 e. The molecule has 2 aliphatic carbocycles. The summed E-state index contributed by atoms with van der Waals surface area (Å²) >= 11 is 0. The highest BCUT2D eigenvalue weighted by Gasteiger charge is 2.21. The van der Waals surface area contributed by atoms with Gasteiger partial charge in [-0.25, -0.2) is 13.1 Å². The van der Waals surface area contributed by atoms with Crippen molar-refractivity contribution in [2.75, 3.05) is 18.8 Å². The second-order valence-electron chi connectivity index (χ2n) is 6.82. The van der Waals surface area contributed by atoms with Gasteiger partial charge in [-0.05, 0) is 31.6 Å². The third kappa shape index (κ3) is 7.11. The van der Waals surface area contributed by atoms with Crippen LogP contribution in [0.2, 0.25) is 0 Å². The SMILES string of the molecule is O=S(=O)(CC1CCCCC1)NCCNC1CCCCCC1. The Balaban J connectivity index is 1.60. The number of nitrogens with one attached hydrogen (secondary N) is 2. The van der Waals surface area contributed by atoms with Crippen LogP contribution in [0, 0.1) is 5.92 Å². The van der Waals surface area contributed by atoms with Gasteiger partial charge in [0.2, 0.25) is 10.0 Å². The fourth-order valence-corrected chi connectivity index (χ4v) is 5.17. The van der Waals surface area contributed by atoms with E-state index in [1.165, 1.54) is 57.8 Å². The molecule has 0 aromatic heterocycles. The van der Waals surface area contributed by atoms with E-state index in [0.29, 0.717) is 24.3 Å². The zero-order valence-corrected chi connectivity index (χ0v) is 14.1. The van der Waals surface area contributed by atoms with E-state index >= 15 is 0 Å². The monoisotopic (exact) mass is 316 g/mol. The van der Waals surface area contributed by atoms with E-state index in [1.54, 1.807) is 0 Å². The molecule has 2 saturated carbocycles. The summed E-state index contributed by atoms with van der Waals surface area (Å²) in [6.07, 6.45) is 13.7. The predicted molar refractivity (Wildman–Crippen MR) is 87.9 cm³/mol. The summed E-state index contributed by atoms with van der Waals surface area (Å²) in [6.45, 7) is 1.29. The van der Waals surface area contributed by atoms with Crippen molar-refractivity contribution in [3.8, 4) is 0 Å². The van der Waals surface area contributed by atoms with E-state index in [2.05, 4.69) is 10.0 Å². The molecule has 4 nitrogen and oxygen atoms in total. The largest absolute Gasteiger partial charge is 0.313 e. The molecule has 0 heterocycles. The van der Waals surface area contributed by atoms with Crippen molar-refractivity contribution < 1.29 is 8.42 Å². The molecule has 0 bridgehead atoms. The summed E-state index contributed by atoms with van der Waals surface area (Å²) in [5.74, 6) is 0.710. The number of rotatable bonds is 7. The molecule has 0 unspecified atom stereocenters. The summed E-state index contributed by atoms with van der Waals surface area (Å²) in [5, 5.41) is 3.51. The van der Waals surface area contributed by atoms with Crippen molar-refractivity contribution in [3.63, 3.8) is 0 Å². The van der Waals surface area contributed by atoms with Crippen LogP contribution in [-0.2, 0) is 10.0 Å². The van der Waals surface area contributed by atoms with Crippen molar-refractivity contribution in [3.05, 3.63) is 0 Å². The summed E-state index contributed by atoms with van der Waals surface area (Å²) in [4.78, 5) is 0. The molecule has 2 N–H and O–H groups in total. The fourth-order valence-electron chi connectivity index (χ4n) is 3.69. The normalized spacial score (nSPS) is 23.0. The maximum absolute atomic E-state index is 12.1.